The third-order valence-corrected chi connectivity index (χ3v) is 4.40. The molecule has 148 valence electrons. The fourth-order valence-corrected chi connectivity index (χ4v) is 2.98. The number of piperazine rings is 1. The molecule has 0 unspecified atom stereocenters. The highest BCUT2D eigenvalue weighted by Crippen LogP contribution is 2.22. The maximum atomic E-state index is 12.0. The number of hydrogen-bond acceptors (Lipinski definition) is 7. The Balaban J connectivity index is 1.65. The molecule has 1 saturated heterocycles. The van der Waals surface area contributed by atoms with Crippen LogP contribution in [-0.2, 0) is 14.3 Å². The molecule has 1 aromatic carbocycles. The summed E-state index contributed by atoms with van der Waals surface area (Å²) < 4.78 is 10.3. The smallest absolute Gasteiger partial charge is 0.397 e. The number of ether oxygens (including phenoxy) is 2. The van der Waals surface area contributed by atoms with E-state index in [0.29, 0.717) is 38.7 Å². The molecule has 0 spiro atoms. The fourth-order valence-electron chi connectivity index (χ4n) is 2.98. The zero-order valence-electron chi connectivity index (χ0n) is 16.1. The van der Waals surface area contributed by atoms with Gasteiger partial charge in [0.15, 0.2) is 0 Å². The molecule has 2 aromatic rings. The molecule has 0 radical (unpaired) electrons. The highest BCUT2D eigenvalue weighted by Gasteiger charge is 2.27. The molecule has 0 N–H and O–H groups in total. The van der Waals surface area contributed by atoms with Gasteiger partial charge in [0.25, 0.3) is 0 Å². The molecule has 1 aliphatic heterocycles. The number of nitrogens with zero attached hydrogens (tertiary/aromatic N) is 4. The molecule has 1 amide bonds. The van der Waals surface area contributed by atoms with Crippen LogP contribution in [0.25, 0.3) is 11.3 Å². The third-order valence-electron chi connectivity index (χ3n) is 4.40. The van der Waals surface area contributed by atoms with Gasteiger partial charge in [-0.3, -0.25) is 4.79 Å². The summed E-state index contributed by atoms with van der Waals surface area (Å²) in [5, 5.41) is 0. The number of carbonyl (C=O) groups is 2. The van der Waals surface area contributed by atoms with E-state index in [9.17, 15) is 9.59 Å². The van der Waals surface area contributed by atoms with Crippen molar-refractivity contribution in [3.05, 3.63) is 36.5 Å². The van der Waals surface area contributed by atoms with Crippen molar-refractivity contribution in [1.82, 2.24) is 14.9 Å². The summed E-state index contributed by atoms with van der Waals surface area (Å²) >= 11 is 0. The maximum absolute atomic E-state index is 12.0. The van der Waals surface area contributed by atoms with E-state index in [1.807, 2.05) is 42.2 Å². The second-order valence-electron chi connectivity index (χ2n) is 6.20. The number of carbonyl (C=O) groups excluding carboxylic acids is 2. The number of hydrogen-bond donors (Lipinski definition) is 0. The molecule has 1 fully saturated rings. The standard InChI is InChI=1S/C20H24N4O4/c1-3-27-16-7-5-15(6-8-16)17-9-10-21-20(22-17)24-13-11-23(12-14-24)18(25)19(26)28-4-2/h5-10H,3-4,11-14H2,1-2H3. The van der Waals surface area contributed by atoms with Crippen LogP contribution in [0.2, 0.25) is 0 Å². The second-order valence-corrected chi connectivity index (χ2v) is 6.20. The first-order valence-electron chi connectivity index (χ1n) is 9.39. The summed E-state index contributed by atoms with van der Waals surface area (Å²) in [6.07, 6.45) is 1.73. The maximum Gasteiger partial charge on any atom is 0.397 e. The zero-order chi connectivity index (χ0) is 19.9. The lowest BCUT2D eigenvalue weighted by atomic mass is 10.1. The van der Waals surface area contributed by atoms with Crippen molar-refractivity contribution >= 4 is 17.8 Å². The van der Waals surface area contributed by atoms with Crippen molar-refractivity contribution in [3.63, 3.8) is 0 Å². The number of esters is 1. The summed E-state index contributed by atoms with van der Waals surface area (Å²) in [5.41, 5.74) is 1.79. The third kappa shape index (κ3) is 4.57. The Labute approximate surface area is 164 Å². The van der Waals surface area contributed by atoms with Crippen LogP contribution in [0.5, 0.6) is 5.75 Å². The first-order valence-corrected chi connectivity index (χ1v) is 9.39. The van der Waals surface area contributed by atoms with E-state index in [1.165, 1.54) is 4.90 Å². The van der Waals surface area contributed by atoms with E-state index in [0.717, 1.165) is 17.0 Å². The van der Waals surface area contributed by atoms with Crippen LogP contribution in [0.1, 0.15) is 13.8 Å². The van der Waals surface area contributed by atoms with Gasteiger partial charge in [-0.15, -0.1) is 0 Å². The van der Waals surface area contributed by atoms with Gasteiger partial charge in [-0.05, 0) is 44.2 Å². The van der Waals surface area contributed by atoms with Crippen LogP contribution in [0.3, 0.4) is 0 Å². The van der Waals surface area contributed by atoms with Gasteiger partial charge in [-0.2, -0.15) is 0 Å². The van der Waals surface area contributed by atoms with Crippen molar-refractivity contribution in [3.8, 4) is 17.0 Å². The highest BCUT2D eigenvalue weighted by molar-refractivity contribution is 6.32. The minimum Gasteiger partial charge on any atom is -0.494 e. The molecule has 1 aliphatic rings. The zero-order valence-corrected chi connectivity index (χ0v) is 16.1. The van der Waals surface area contributed by atoms with Gasteiger partial charge in [0.1, 0.15) is 5.75 Å². The molecule has 0 bridgehead atoms. The Morgan fingerprint density at radius 1 is 1.00 bits per heavy atom. The average molecular weight is 384 g/mol. The van der Waals surface area contributed by atoms with Gasteiger partial charge in [0, 0.05) is 37.9 Å². The van der Waals surface area contributed by atoms with Crippen LogP contribution >= 0.6 is 0 Å². The van der Waals surface area contributed by atoms with Gasteiger partial charge < -0.3 is 19.3 Å². The summed E-state index contributed by atoms with van der Waals surface area (Å²) in [5.74, 6) is 0.0350. The predicted molar refractivity (Wildman–Crippen MR) is 104 cm³/mol. The van der Waals surface area contributed by atoms with Crippen LogP contribution in [0, 0.1) is 0 Å². The van der Waals surface area contributed by atoms with Gasteiger partial charge in [-0.25, -0.2) is 14.8 Å². The van der Waals surface area contributed by atoms with E-state index in [4.69, 9.17) is 9.47 Å². The second kappa shape index (κ2) is 9.16. The summed E-state index contributed by atoms with van der Waals surface area (Å²) in [6, 6.07) is 9.63. The average Bonchev–Trinajstić information content (AvgIpc) is 2.74. The number of rotatable bonds is 5. The lowest BCUT2D eigenvalue weighted by Crippen LogP contribution is -2.51. The number of aromatic nitrogens is 2. The molecule has 8 heteroatoms. The van der Waals surface area contributed by atoms with Crippen LogP contribution < -0.4 is 9.64 Å². The molecule has 8 nitrogen and oxygen atoms in total. The van der Waals surface area contributed by atoms with Crippen LogP contribution in [-0.4, -0.2) is 66.1 Å². The van der Waals surface area contributed by atoms with E-state index in [1.54, 1.807) is 13.1 Å². The molecule has 0 saturated carbocycles. The van der Waals surface area contributed by atoms with Crippen LogP contribution in [0.4, 0.5) is 5.95 Å². The molecule has 2 heterocycles. The number of benzene rings is 1. The Morgan fingerprint density at radius 3 is 2.36 bits per heavy atom. The van der Waals surface area contributed by atoms with Gasteiger partial charge in [-0.1, -0.05) is 0 Å². The van der Waals surface area contributed by atoms with Crippen LogP contribution in [0.15, 0.2) is 36.5 Å². The Morgan fingerprint density at radius 2 is 1.71 bits per heavy atom. The molecular formula is C20H24N4O4. The lowest BCUT2D eigenvalue weighted by molar-refractivity contribution is -0.160. The van der Waals surface area contributed by atoms with E-state index in [2.05, 4.69) is 9.97 Å². The molecule has 0 aliphatic carbocycles. The first kappa shape index (κ1) is 19.6. The minimum atomic E-state index is -0.801. The highest BCUT2D eigenvalue weighted by atomic mass is 16.5. The summed E-state index contributed by atoms with van der Waals surface area (Å²) in [4.78, 5) is 36.2. The Kier molecular flexibility index (Phi) is 6.41. The molecule has 3 rings (SSSR count). The molecular weight excluding hydrogens is 360 g/mol. The molecule has 1 aromatic heterocycles. The summed E-state index contributed by atoms with van der Waals surface area (Å²) in [6.45, 7) is 6.40. The first-order chi connectivity index (χ1) is 13.6. The molecule has 0 atom stereocenters. The summed E-state index contributed by atoms with van der Waals surface area (Å²) in [7, 11) is 0. The van der Waals surface area contributed by atoms with Gasteiger partial charge in [0.05, 0.1) is 18.9 Å². The van der Waals surface area contributed by atoms with E-state index < -0.39 is 11.9 Å². The Hall–Kier alpha value is -3.16. The Bertz CT molecular complexity index is 817. The van der Waals surface area contributed by atoms with Crippen molar-refractivity contribution < 1.29 is 19.1 Å². The minimum absolute atomic E-state index is 0.191. The fraction of sp³-hybridized carbons (Fsp3) is 0.400. The SMILES string of the molecule is CCOC(=O)C(=O)N1CCN(c2nccc(-c3ccc(OCC)cc3)n2)CC1. The quantitative estimate of drug-likeness (QED) is 0.573. The predicted octanol–water partition coefficient (Wildman–Crippen LogP) is 1.75. The number of anilines is 1. The van der Waals surface area contributed by atoms with Crippen molar-refractivity contribution in [2.45, 2.75) is 13.8 Å². The molecule has 28 heavy (non-hydrogen) atoms. The largest absolute Gasteiger partial charge is 0.494 e. The normalized spacial score (nSPS) is 13.9. The lowest BCUT2D eigenvalue weighted by Gasteiger charge is -2.34. The van der Waals surface area contributed by atoms with Crippen molar-refractivity contribution in [2.75, 3.05) is 44.3 Å². The van der Waals surface area contributed by atoms with Gasteiger partial charge in [0.2, 0.25) is 5.95 Å². The van der Waals surface area contributed by atoms with Crippen molar-refractivity contribution in [2.24, 2.45) is 0 Å². The van der Waals surface area contributed by atoms with E-state index in [-0.39, 0.29) is 6.61 Å². The van der Waals surface area contributed by atoms with Crippen molar-refractivity contribution in [1.29, 1.82) is 0 Å². The van der Waals surface area contributed by atoms with Gasteiger partial charge >= 0.3 is 11.9 Å². The monoisotopic (exact) mass is 384 g/mol. The number of amides is 1. The van der Waals surface area contributed by atoms with E-state index >= 15 is 0 Å². The topological polar surface area (TPSA) is 84.9 Å².